The molecule has 4 rings (SSSR count). The number of imidazole rings is 1. The van der Waals surface area contributed by atoms with Gasteiger partial charge in [-0.25, -0.2) is 9.78 Å². The number of quaternary nitrogens is 1. The fourth-order valence-electron chi connectivity index (χ4n) is 4.83. The van der Waals surface area contributed by atoms with Crippen LogP contribution in [0.5, 0.6) is 5.75 Å². The number of methoxy groups -OCH3 is 2. The van der Waals surface area contributed by atoms with Crippen LogP contribution in [0.15, 0.2) is 35.6 Å². The third-order valence-corrected chi connectivity index (χ3v) is 8.44. The number of benzene rings is 1. The lowest BCUT2D eigenvalue weighted by molar-refractivity contribution is -0.894. The van der Waals surface area contributed by atoms with E-state index >= 15 is 0 Å². The molecule has 2 aromatic heterocycles. The Bertz CT molecular complexity index is 1310. The van der Waals surface area contributed by atoms with Crippen LogP contribution in [0.1, 0.15) is 29.5 Å². The average Bonchev–Trinajstić information content (AvgIpc) is 3.29. The smallest absolute Gasteiger partial charge is 0.496 e. The van der Waals surface area contributed by atoms with Crippen LogP contribution < -0.4 is 4.74 Å². The number of rotatable bonds is 9. The molecule has 206 valence electrons. The molecule has 0 aliphatic carbocycles. The molecule has 0 amide bonds. The van der Waals surface area contributed by atoms with Crippen LogP contribution in [-0.4, -0.2) is 95.3 Å². The number of pyridine rings is 1. The number of likely N-dealkylation sites (N-methyl/N-ethyl adjacent to an activating group) is 1. The number of fused-ring (bicyclic) bond motifs is 1. The number of para-hydroxylation sites is 2. The highest BCUT2D eigenvalue weighted by Gasteiger charge is 2.29. The summed E-state index contributed by atoms with van der Waals surface area (Å²) in [6, 6.07) is 7.54. The van der Waals surface area contributed by atoms with Gasteiger partial charge in [0.25, 0.3) is 0 Å². The molecule has 0 bridgehead atoms. The third kappa shape index (κ3) is 6.16. The van der Waals surface area contributed by atoms with Gasteiger partial charge in [0.1, 0.15) is 5.75 Å². The number of hydrogen-bond donors (Lipinski definition) is 0. The standard InChI is InChI=1S/C27H38N5O5S/c1-19-17-28-22(20(2)25(19)35-5)18-38(34)26-29-21-9-7-8-10-23(21)31(26)24(37-27(33)36-6)11-12-30-13-15-32(3,4)16-14-30/h7-10,17,24H,11-16,18H2,1-6H3/q+1. The number of carbonyl (C=O) groups is 1. The van der Waals surface area contributed by atoms with Gasteiger partial charge < -0.3 is 18.7 Å². The van der Waals surface area contributed by atoms with Crippen molar-refractivity contribution in [3.63, 3.8) is 0 Å². The summed E-state index contributed by atoms with van der Waals surface area (Å²) < 4.78 is 32.8. The molecule has 1 aliphatic rings. The van der Waals surface area contributed by atoms with Gasteiger partial charge in [0.05, 0.1) is 74.7 Å². The molecule has 1 fully saturated rings. The van der Waals surface area contributed by atoms with Crippen molar-refractivity contribution in [2.45, 2.75) is 37.4 Å². The first-order valence-corrected chi connectivity index (χ1v) is 14.1. The molecule has 0 radical (unpaired) electrons. The van der Waals surface area contributed by atoms with Crippen LogP contribution in [0, 0.1) is 13.8 Å². The van der Waals surface area contributed by atoms with E-state index in [1.54, 1.807) is 17.9 Å². The summed E-state index contributed by atoms with van der Waals surface area (Å²) in [4.78, 5) is 23.9. The lowest BCUT2D eigenvalue weighted by Gasteiger charge is -2.39. The van der Waals surface area contributed by atoms with Crippen LogP contribution in [0.3, 0.4) is 0 Å². The Morgan fingerprint density at radius 3 is 2.55 bits per heavy atom. The summed E-state index contributed by atoms with van der Waals surface area (Å²) in [5.41, 5.74) is 3.85. The van der Waals surface area contributed by atoms with Crippen molar-refractivity contribution in [1.82, 2.24) is 19.4 Å². The zero-order chi connectivity index (χ0) is 27.4. The van der Waals surface area contributed by atoms with Gasteiger partial charge in [-0.05, 0) is 26.0 Å². The Labute approximate surface area is 226 Å². The summed E-state index contributed by atoms with van der Waals surface area (Å²) in [6.07, 6.45) is 0.702. The number of aromatic nitrogens is 3. The second kappa shape index (κ2) is 11.8. The summed E-state index contributed by atoms with van der Waals surface area (Å²) in [6.45, 7) is 8.59. The topological polar surface area (TPSA) is 95.8 Å². The third-order valence-electron chi connectivity index (χ3n) is 7.21. The zero-order valence-corrected chi connectivity index (χ0v) is 23.9. The summed E-state index contributed by atoms with van der Waals surface area (Å²) >= 11 is 0. The fraction of sp³-hybridized carbons (Fsp3) is 0.519. The zero-order valence-electron chi connectivity index (χ0n) is 23.1. The number of piperazine rings is 1. The van der Waals surface area contributed by atoms with E-state index in [-0.39, 0.29) is 5.75 Å². The molecular weight excluding hydrogens is 506 g/mol. The molecule has 2 unspecified atom stereocenters. The van der Waals surface area contributed by atoms with E-state index < -0.39 is 23.2 Å². The molecule has 3 heterocycles. The fourth-order valence-corrected chi connectivity index (χ4v) is 6.13. The van der Waals surface area contributed by atoms with Gasteiger partial charge in [0, 0.05) is 43.4 Å². The molecule has 2 atom stereocenters. The predicted octanol–water partition coefficient (Wildman–Crippen LogP) is 3.43. The maximum absolute atomic E-state index is 13.8. The molecule has 1 saturated heterocycles. The molecule has 0 spiro atoms. The van der Waals surface area contributed by atoms with Gasteiger partial charge in [-0.1, -0.05) is 12.1 Å². The van der Waals surface area contributed by atoms with Crippen molar-refractivity contribution >= 4 is 28.0 Å². The maximum atomic E-state index is 13.8. The van der Waals surface area contributed by atoms with E-state index in [1.807, 2.05) is 38.1 Å². The van der Waals surface area contributed by atoms with Crippen LogP contribution in [-0.2, 0) is 26.0 Å². The number of carbonyl (C=O) groups excluding carboxylic acids is 1. The normalized spacial score (nSPS) is 17.2. The van der Waals surface area contributed by atoms with E-state index in [1.165, 1.54) is 7.11 Å². The molecule has 38 heavy (non-hydrogen) atoms. The Morgan fingerprint density at radius 2 is 1.87 bits per heavy atom. The predicted molar refractivity (Wildman–Crippen MR) is 146 cm³/mol. The molecule has 11 heteroatoms. The minimum atomic E-state index is -1.58. The van der Waals surface area contributed by atoms with Crippen molar-refractivity contribution in [3.8, 4) is 5.75 Å². The molecule has 1 aromatic carbocycles. The quantitative estimate of drug-likeness (QED) is 0.299. The van der Waals surface area contributed by atoms with E-state index in [0.717, 1.165) is 59.6 Å². The average molecular weight is 545 g/mol. The lowest BCUT2D eigenvalue weighted by atomic mass is 10.1. The molecule has 10 nitrogen and oxygen atoms in total. The Balaban J connectivity index is 1.67. The van der Waals surface area contributed by atoms with Crippen molar-refractivity contribution in [2.75, 3.05) is 61.0 Å². The second-order valence-corrected chi connectivity index (χ2v) is 11.7. The van der Waals surface area contributed by atoms with Crippen LogP contribution in [0.4, 0.5) is 4.79 Å². The summed E-state index contributed by atoms with van der Waals surface area (Å²) in [5.74, 6) is 0.881. The van der Waals surface area contributed by atoms with Gasteiger partial charge in [0.15, 0.2) is 6.23 Å². The molecular formula is C27H38N5O5S+. The van der Waals surface area contributed by atoms with E-state index in [4.69, 9.17) is 19.2 Å². The number of nitrogens with zero attached hydrogens (tertiary/aromatic N) is 5. The van der Waals surface area contributed by atoms with Gasteiger partial charge in [-0.15, -0.1) is 0 Å². The highest BCUT2D eigenvalue weighted by Crippen LogP contribution is 2.30. The largest absolute Gasteiger partial charge is 0.509 e. The first kappa shape index (κ1) is 28.0. The minimum absolute atomic E-state index is 0.149. The van der Waals surface area contributed by atoms with Gasteiger partial charge >= 0.3 is 6.16 Å². The Kier molecular flexibility index (Phi) is 8.69. The van der Waals surface area contributed by atoms with E-state index in [0.29, 0.717) is 22.8 Å². The number of hydrogen-bond acceptors (Lipinski definition) is 8. The van der Waals surface area contributed by atoms with Gasteiger partial charge in [-0.3, -0.25) is 18.7 Å². The second-order valence-electron chi connectivity index (χ2n) is 10.3. The van der Waals surface area contributed by atoms with Crippen molar-refractivity contribution in [1.29, 1.82) is 0 Å². The monoisotopic (exact) mass is 544 g/mol. The highest BCUT2D eigenvalue weighted by molar-refractivity contribution is 7.84. The lowest BCUT2D eigenvalue weighted by Crippen LogP contribution is -2.54. The highest BCUT2D eigenvalue weighted by atomic mass is 32.2. The van der Waals surface area contributed by atoms with Crippen LogP contribution >= 0.6 is 0 Å². The Hall–Kier alpha value is -3.02. The number of ether oxygens (including phenoxy) is 3. The van der Waals surface area contributed by atoms with Crippen molar-refractivity contribution < 1.29 is 27.7 Å². The van der Waals surface area contributed by atoms with Gasteiger partial charge in [-0.2, -0.15) is 0 Å². The van der Waals surface area contributed by atoms with Gasteiger partial charge in [0.2, 0.25) is 5.16 Å². The molecule has 3 aromatic rings. The molecule has 0 saturated carbocycles. The summed E-state index contributed by atoms with van der Waals surface area (Å²) in [5, 5.41) is 0.331. The molecule has 0 N–H and O–H groups in total. The first-order chi connectivity index (χ1) is 18.1. The van der Waals surface area contributed by atoms with Crippen molar-refractivity contribution in [3.05, 3.63) is 47.3 Å². The van der Waals surface area contributed by atoms with E-state index in [2.05, 4.69) is 24.0 Å². The maximum Gasteiger partial charge on any atom is 0.509 e. The minimum Gasteiger partial charge on any atom is -0.496 e. The van der Waals surface area contributed by atoms with Crippen LogP contribution in [0.25, 0.3) is 11.0 Å². The first-order valence-electron chi connectivity index (χ1n) is 12.8. The SMILES string of the molecule is COC(=O)OC(CCN1CC[N+](C)(C)CC1)n1c(S(=O)Cc2ncc(C)c(OC)c2C)nc2ccccc21. The van der Waals surface area contributed by atoms with E-state index in [9.17, 15) is 9.00 Å². The summed E-state index contributed by atoms with van der Waals surface area (Å²) in [7, 11) is 5.80. The number of aryl methyl sites for hydroxylation is 1. The Morgan fingerprint density at radius 1 is 1.16 bits per heavy atom. The van der Waals surface area contributed by atoms with Crippen LogP contribution in [0.2, 0.25) is 0 Å². The molecule has 1 aliphatic heterocycles. The van der Waals surface area contributed by atoms with Crippen molar-refractivity contribution in [2.24, 2.45) is 0 Å².